The molecule has 2 aromatic rings. The van der Waals surface area contributed by atoms with Gasteiger partial charge in [-0.2, -0.15) is 0 Å². The van der Waals surface area contributed by atoms with Crippen molar-refractivity contribution < 1.29 is 17.7 Å². The van der Waals surface area contributed by atoms with Crippen molar-refractivity contribution in [1.82, 2.24) is 0 Å². The summed E-state index contributed by atoms with van der Waals surface area (Å²) in [5.41, 5.74) is -0.845. The number of hydrogen-bond donors (Lipinski definition) is 1. The molecule has 0 unspecified atom stereocenters. The molecule has 104 valence electrons. The molecule has 0 aliphatic carbocycles. The maximum Gasteiger partial charge on any atom is 0.289 e. The van der Waals surface area contributed by atoms with Crippen molar-refractivity contribution >= 4 is 21.4 Å². The zero-order valence-corrected chi connectivity index (χ0v) is 10.8. The van der Waals surface area contributed by atoms with Gasteiger partial charge >= 0.3 is 0 Å². The largest absolute Gasteiger partial charge is 0.289 e. The van der Waals surface area contributed by atoms with Crippen molar-refractivity contribution in [3.05, 3.63) is 64.5 Å². The first-order chi connectivity index (χ1) is 9.42. The summed E-state index contributed by atoms with van der Waals surface area (Å²) in [4.78, 5) is 9.50. The minimum atomic E-state index is -4.24. The molecule has 0 fully saturated rings. The fourth-order valence-electron chi connectivity index (χ4n) is 1.58. The van der Waals surface area contributed by atoms with E-state index in [0.29, 0.717) is 0 Å². The predicted molar refractivity (Wildman–Crippen MR) is 70.3 cm³/mol. The lowest BCUT2D eigenvalue weighted by Gasteiger charge is -2.08. The SMILES string of the molecule is O=[N+]([O-])c1ccccc1S(=O)(=O)Nc1ccccc1F. The Labute approximate surface area is 114 Å². The van der Waals surface area contributed by atoms with E-state index in [2.05, 4.69) is 0 Å². The number of nitrogens with zero attached hydrogens (tertiary/aromatic N) is 1. The van der Waals surface area contributed by atoms with Gasteiger partial charge in [-0.15, -0.1) is 0 Å². The first kappa shape index (κ1) is 13.9. The van der Waals surface area contributed by atoms with Crippen molar-refractivity contribution in [3.63, 3.8) is 0 Å². The van der Waals surface area contributed by atoms with Crippen molar-refractivity contribution in [2.75, 3.05) is 4.72 Å². The van der Waals surface area contributed by atoms with Crippen LogP contribution >= 0.6 is 0 Å². The summed E-state index contributed by atoms with van der Waals surface area (Å²) >= 11 is 0. The molecule has 6 nitrogen and oxygen atoms in total. The van der Waals surface area contributed by atoms with Gasteiger partial charge in [0.2, 0.25) is 0 Å². The van der Waals surface area contributed by atoms with E-state index in [-0.39, 0.29) is 5.69 Å². The van der Waals surface area contributed by atoms with Gasteiger partial charge in [-0.25, -0.2) is 12.8 Å². The number of sulfonamides is 1. The third-order valence-electron chi connectivity index (χ3n) is 2.47. The maximum absolute atomic E-state index is 13.4. The summed E-state index contributed by atoms with van der Waals surface area (Å²) in [5.74, 6) is -0.769. The summed E-state index contributed by atoms with van der Waals surface area (Å²) in [7, 11) is -4.24. The molecule has 2 aromatic carbocycles. The van der Waals surface area contributed by atoms with Gasteiger partial charge in [-0.05, 0) is 18.2 Å². The van der Waals surface area contributed by atoms with E-state index in [1.165, 1.54) is 30.3 Å². The highest BCUT2D eigenvalue weighted by atomic mass is 32.2. The average Bonchev–Trinajstić information content (AvgIpc) is 2.41. The molecule has 0 atom stereocenters. The van der Waals surface area contributed by atoms with Crippen LogP contribution in [0, 0.1) is 15.9 Å². The van der Waals surface area contributed by atoms with Crippen LogP contribution in [0.4, 0.5) is 15.8 Å². The lowest BCUT2D eigenvalue weighted by atomic mass is 10.3. The highest BCUT2D eigenvalue weighted by Crippen LogP contribution is 2.25. The van der Waals surface area contributed by atoms with E-state index in [0.717, 1.165) is 18.2 Å². The molecule has 0 aliphatic heterocycles. The molecule has 0 aromatic heterocycles. The minimum absolute atomic E-state index is 0.273. The number of halogens is 1. The molecule has 0 heterocycles. The summed E-state index contributed by atoms with van der Waals surface area (Å²) < 4.78 is 39.6. The monoisotopic (exact) mass is 296 g/mol. The number of anilines is 1. The zero-order valence-electron chi connectivity index (χ0n) is 9.99. The third-order valence-corrected chi connectivity index (χ3v) is 3.88. The molecule has 1 N–H and O–H groups in total. The Bertz CT molecular complexity index is 762. The average molecular weight is 296 g/mol. The fourth-order valence-corrected chi connectivity index (χ4v) is 2.82. The molecule has 0 radical (unpaired) electrons. The van der Waals surface area contributed by atoms with Crippen LogP contribution in [0.5, 0.6) is 0 Å². The first-order valence-corrected chi connectivity index (χ1v) is 6.91. The molecular weight excluding hydrogens is 287 g/mol. The molecule has 0 bridgehead atoms. The number of hydrogen-bond acceptors (Lipinski definition) is 4. The summed E-state index contributed by atoms with van der Waals surface area (Å²) in [6.07, 6.45) is 0. The zero-order chi connectivity index (χ0) is 14.8. The van der Waals surface area contributed by atoms with Gasteiger partial charge < -0.3 is 0 Å². The summed E-state index contributed by atoms with van der Waals surface area (Å²) in [6.45, 7) is 0. The van der Waals surface area contributed by atoms with Crippen molar-refractivity contribution in [2.45, 2.75) is 4.90 Å². The second-order valence-electron chi connectivity index (χ2n) is 3.81. The Hall–Kier alpha value is -2.48. The number of nitro benzene ring substituents is 1. The van der Waals surface area contributed by atoms with Gasteiger partial charge in [0.05, 0.1) is 10.6 Å². The second kappa shape index (κ2) is 5.25. The van der Waals surface area contributed by atoms with Gasteiger partial charge in [0.15, 0.2) is 4.90 Å². The van der Waals surface area contributed by atoms with E-state index in [9.17, 15) is 22.9 Å². The van der Waals surface area contributed by atoms with Gasteiger partial charge in [-0.1, -0.05) is 24.3 Å². The number of benzene rings is 2. The van der Waals surface area contributed by atoms with E-state index in [1.807, 2.05) is 4.72 Å². The van der Waals surface area contributed by atoms with Crippen molar-refractivity contribution in [2.24, 2.45) is 0 Å². The lowest BCUT2D eigenvalue weighted by Crippen LogP contribution is -2.15. The Morgan fingerprint density at radius 2 is 1.65 bits per heavy atom. The molecule has 2 rings (SSSR count). The van der Waals surface area contributed by atoms with Gasteiger partial charge in [0, 0.05) is 6.07 Å². The quantitative estimate of drug-likeness (QED) is 0.693. The van der Waals surface area contributed by atoms with Crippen molar-refractivity contribution in [3.8, 4) is 0 Å². The molecule has 0 saturated heterocycles. The Morgan fingerprint density at radius 1 is 1.05 bits per heavy atom. The van der Waals surface area contributed by atoms with Gasteiger partial charge in [0.25, 0.3) is 15.7 Å². The first-order valence-electron chi connectivity index (χ1n) is 5.42. The minimum Gasteiger partial charge on any atom is -0.276 e. The van der Waals surface area contributed by atoms with Gasteiger partial charge in [0.1, 0.15) is 5.82 Å². The van der Waals surface area contributed by atoms with Gasteiger partial charge in [-0.3, -0.25) is 14.8 Å². The highest BCUT2D eigenvalue weighted by molar-refractivity contribution is 7.92. The molecule has 0 spiro atoms. The molecule has 8 heteroatoms. The second-order valence-corrected chi connectivity index (χ2v) is 5.46. The molecule has 0 saturated carbocycles. The van der Waals surface area contributed by atoms with E-state index < -0.39 is 31.3 Å². The summed E-state index contributed by atoms with van der Waals surface area (Å²) in [6, 6.07) is 10.00. The normalized spacial score (nSPS) is 11.1. The van der Waals surface area contributed by atoms with E-state index in [1.54, 1.807) is 0 Å². The maximum atomic E-state index is 13.4. The number of para-hydroxylation sites is 2. The number of rotatable bonds is 4. The molecule has 0 aliphatic rings. The smallest absolute Gasteiger partial charge is 0.276 e. The third kappa shape index (κ3) is 2.75. The van der Waals surface area contributed by atoms with Crippen LogP contribution in [-0.2, 0) is 10.0 Å². The highest BCUT2D eigenvalue weighted by Gasteiger charge is 2.25. The Balaban J connectivity index is 2.47. The molecule has 20 heavy (non-hydrogen) atoms. The van der Waals surface area contributed by atoms with Crippen molar-refractivity contribution in [1.29, 1.82) is 0 Å². The van der Waals surface area contributed by atoms with Crippen LogP contribution < -0.4 is 4.72 Å². The van der Waals surface area contributed by atoms with E-state index in [4.69, 9.17) is 0 Å². The van der Waals surface area contributed by atoms with Crippen LogP contribution in [0.15, 0.2) is 53.4 Å². The van der Waals surface area contributed by atoms with Crippen LogP contribution in [0.3, 0.4) is 0 Å². The topological polar surface area (TPSA) is 89.3 Å². The molecular formula is C12H9FN2O4S. The number of nitrogens with one attached hydrogen (secondary N) is 1. The lowest BCUT2D eigenvalue weighted by molar-refractivity contribution is -0.387. The van der Waals surface area contributed by atoms with Crippen LogP contribution in [0.25, 0.3) is 0 Å². The fraction of sp³-hybridized carbons (Fsp3) is 0. The Morgan fingerprint density at radius 3 is 2.30 bits per heavy atom. The predicted octanol–water partition coefficient (Wildman–Crippen LogP) is 2.53. The van der Waals surface area contributed by atoms with Crippen LogP contribution in [0.1, 0.15) is 0 Å². The van der Waals surface area contributed by atoms with Crippen LogP contribution in [-0.4, -0.2) is 13.3 Å². The summed E-state index contributed by atoms with van der Waals surface area (Å²) in [5, 5.41) is 10.8. The Kier molecular flexibility index (Phi) is 3.66. The standard InChI is InChI=1S/C12H9FN2O4S/c13-9-5-1-2-6-10(9)14-20(18,19)12-8-4-3-7-11(12)15(16)17/h1-8,14H. The van der Waals surface area contributed by atoms with E-state index >= 15 is 0 Å². The van der Waals surface area contributed by atoms with Crippen LogP contribution in [0.2, 0.25) is 0 Å². The number of nitro groups is 1. The molecule has 0 amide bonds.